The number of fused-ring (bicyclic) bond motifs is 2. The van der Waals surface area contributed by atoms with E-state index in [-0.39, 0.29) is 0 Å². The van der Waals surface area contributed by atoms with Gasteiger partial charge < -0.3 is 4.74 Å². The van der Waals surface area contributed by atoms with Crippen molar-refractivity contribution in [1.29, 1.82) is 0 Å². The van der Waals surface area contributed by atoms with Crippen molar-refractivity contribution in [2.45, 2.75) is 25.4 Å². The molecule has 0 unspecified atom stereocenters. The van der Waals surface area contributed by atoms with Crippen LogP contribution in [0.2, 0.25) is 0 Å². The third-order valence-corrected chi connectivity index (χ3v) is 4.21. The SMILES string of the molecule is ICC12CCOC(C1)C2. The first kappa shape index (κ1) is 6.40. The van der Waals surface area contributed by atoms with E-state index in [0.29, 0.717) is 6.10 Å². The Bertz CT molecular complexity index is 113. The van der Waals surface area contributed by atoms with E-state index in [1.807, 2.05) is 0 Å². The molecule has 52 valence electrons. The molecule has 1 saturated carbocycles. The van der Waals surface area contributed by atoms with Crippen molar-refractivity contribution in [3.8, 4) is 0 Å². The summed E-state index contributed by atoms with van der Waals surface area (Å²) in [6.45, 7) is 1.02. The molecule has 3 fully saturated rings. The number of hydrogen-bond acceptors (Lipinski definition) is 1. The van der Waals surface area contributed by atoms with Gasteiger partial charge in [0.05, 0.1) is 6.10 Å². The molecule has 1 nitrogen and oxygen atoms in total. The maximum Gasteiger partial charge on any atom is 0.0586 e. The van der Waals surface area contributed by atoms with Crippen LogP contribution in [-0.4, -0.2) is 17.1 Å². The zero-order valence-corrected chi connectivity index (χ0v) is 7.56. The summed E-state index contributed by atoms with van der Waals surface area (Å²) in [5.74, 6) is 0. The summed E-state index contributed by atoms with van der Waals surface area (Å²) in [4.78, 5) is 0. The van der Waals surface area contributed by atoms with Crippen LogP contribution in [0.1, 0.15) is 19.3 Å². The summed E-state index contributed by atoms with van der Waals surface area (Å²) in [5.41, 5.74) is 0.726. The molecule has 2 bridgehead atoms. The van der Waals surface area contributed by atoms with E-state index >= 15 is 0 Å². The first-order valence-electron chi connectivity index (χ1n) is 3.52. The Morgan fingerprint density at radius 2 is 2.33 bits per heavy atom. The molecule has 0 radical (unpaired) electrons. The highest BCUT2D eigenvalue weighted by Gasteiger charge is 2.46. The summed E-state index contributed by atoms with van der Waals surface area (Å²) < 4.78 is 6.81. The first-order valence-corrected chi connectivity index (χ1v) is 5.05. The van der Waals surface area contributed by atoms with Crippen molar-refractivity contribution in [3.63, 3.8) is 0 Å². The van der Waals surface area contributed by atoms with E-state index in [4.69, 9.17) is 4.74 Å². The molecule has 0 spiro atoms. The van der Waals surface area contributed by atoms with Crippen LogP contribution in [0.15, 0.2) is 0 Å². The molecule has 0 aromatic rings. The van der Waals surface area contributed by atoms with Gasteiger partial charge in [0.1, 0.15) is 0 Å². The minimum absolute atomic E-state index is 0.647. The summed E-state index contributed by atoms with van der Waals surface area (Å²) in [6.07, 6.45) is 4.65. The van der Waals surface area contributed by atoms with E-state index in [1.165, 1.54) is 23.7 Å². The molecular weight excluding hydrogens is 227 g/mol. The lowest BCUT2D eigenvalue weighted by Crippen LogP contribution is -2.49. The fourth-order valence-electron chi connectivity index (χ4n) is 1.85. The lowest BCUT2D eigenvalue weighted by atomic mass is 9.65. The van der Waals surface area contributed by atoms with E-state index in [0.717, 1.165) is 12.0 Å². The van der Waals surface area contributed by atoms with Gasteiger partial charge in [-0.05, 0) is 24.7 Å². The maximum absolute atomic E-state index is 5.47. The molecule has 0 amide bonds. The number of halogens is 1. The van der Waals surface area contributed by atoms with Crippen LogP contribution in [0.4, 0.5) is 0 Å². The highest BCUT2D eigenvalue weighted by Crippen LogP contribution is 2.50. The molecule has 3 rings (SSSR count). The second-order valence-electron chi connectivity index (χ2n) is 3.28. The van der Waals surface area contributed by atoms with Crippen LogP contribution in [0.25, 0.3) is 0 Å². The van der Waals surface area contributed by atoms with Gasteiger partial charge in [0.15, 0.2) is 0 Å². The van der Waals surface area contributed by atoms with Gasteiger partial charge >= 0.3 is 0 Å². The standard InChI is InChI=1S/C7H11IO/c8-5-7-1-2-9-6(3-7)4-7/h6H,1-5H2. The van der Waals surface area contributed by atoms with E-state index < -0.39 is 0 Å². The van der Waals surface area contributed by atoms with Gasteiger partial charge in [-0.1, -0.05) is 22.6 Å². The molecule has 0 atom stereocenters. The van der Waals surface area contributed by atoms with Crippen LogP contribution >= 0.6 is 22.6 Å². The highest BCUT2D eigenvalue weighted by molar-refractivity contribution is 14.1. The second-order valence-corrected chi connectivity index (χ2v) is 4.05. The maximum atomic E-state index is 5.47. The number of alkyl halides is 1. The molecule has 2 heterocycles. The Labute approximate surface area is 69.3 Å². The van der Waals surface area contributed by atoms with Crippen molar-refractivity contribution in [3.05, 3.63) is 0 Å². The Hall–Kier alpha value is 0.690. The quantitative estimate of drug-likeness (QED) is 0.501. The lowest BCUT2D eigenvalue weighted by Gasteiger charge is -2.51. The molecule has 9 heavy (non-hydrogen) atoms. The topological polar surface area (TPSA) is 9.23 Å². The number of hydrogen-bond donors (Lipinski definition) is 0. The zero-order valence-electron chi connectivity index (χ0n) is 5.40. The third kappa shape index (κ3) is 0.909. The van der Waals surface area contributed by atoms with Crippen molar-refractivity contribution in [1.82, 2.24) is 0 Å². The number of ether oxygens (including phenoxy) is 1. The van der Waals surface area contributed by atoms with Crippen LogP contribution in [0, 0.1) is 5.41 Å². The fourth-order valence-corrected chi connectivity index (χ4v) is 2.85. The third-order valence-electron chi connectivity index (χ3n) is 2.59. The minimum atomic E-state index is 0.647. The van der Waals surface area contributed by atoms with Crippen molar-refractivity contribution >= 4 is 22.6 Å². The van der Waals surface area contributed by atoms with Gasteiger partial charge in [0.25, 0.3) is 0 Å². The Morgan fingerprint density at radius 1 is 1.56 bits per heavy atom. The molecule has 2 saturated heterocycles. The molecular formula is C7H11IO. The Balaban J connectivity index is 2.02. The average molecular weight is 238 g/mol. The van der Waals surface area contributed by atoms with E-state index in [1.54, 1.807) is 0 Å². The van der Waals surface area contributed by atoms with Gasteiger partial charge in [0, 0.05) is 11.0 Å². The molecule has 3 aliphatic rings. The van der Waals surface area contributed by atoms with Crippen molar-refractivity contribution in [2.75, 3.05) is 11.0 Å². The number of rotatable bonds is 1. The lowest BCUT2D eigenvalue weighted by molar-refractivity contribution is -0.134. The van der Waals surface area contributed by atoms with Gasteiger partial charge in [-0.25, -0.2) is 0 Å². The van der Waals surface area contributed by atoms with Crippen molar-refractivity contribution < 1.29 is 4.74 Å². The Kier molecular flexibility index (Phi) is 1.49. The van der Waals surface area contributed by atoms with Gasteiger partial charge in [0.2, 0.25) is 0 Å². The zero-order chi connectivity index (χ0) is 6.32. The van der Waals surface area contributed by atoms with E-state index in [2.05, 4.69) is 22.6 Å². The van der Waals surface area contributed by atoms with E-state index in [9.17, 15) is 0 Å². The molecule has 0 aromatic carbocycles. The van der Waals surface area contributed by atoms with Crippen LogP contribution in [0.5, 0.6) is 0 Å². The highest BCUT2D eigenvalue weighted by atomic mass is 127. The van der Waals surface area contributed by atoms with Gasteiger partial charge in [-0.15, -0.1) is 0 Å². The van der Waals surface area contributed by atoms with Crippen LogP contribution in [-0.2, 0) is 4.74 Å². The largest absolute Gasteiger partial charge is 0.378 e. The average Bonchev–Trinajstić information content (AvgIpc) is 1.88. The molecule has 2 heteroatoms. The molecule has 0 aromatic heterocycles. The Morgan fingerprint density at radius 3 is 2.67 bits per heavy atom. The van der Waals surface area contributed by atoms with Gasteiger partial charge in [-0.3, -0.25) is 0 Å². The van der Waals surface area contributed by atoms with Crippen LogP contribution < -0.4 is 0 Å². The van der Waals surface area contributed by atoms with Crippen molar-refractivity contribution in [2.24, 2.45) is 5.41 Å². The predicted octanol–water partition coefficient (Wildman–Crippen LogP) is 1.99. The normalized spacial score (nSPS) is 48.3. The smallest absolute Gasteiger partial charge is 0.0586 e. The van der Waals surface area contributed by atoms with Crippen LogP contribution in [0.3, 0.4) is 0 Å². The predicted molar refractivity (Wildman–Crippen MR) is 44.9 cm³/mol. The molecule has 1 aliphatic carbocycles. The first-order chi connectivity index (χ1) is 4.35. The monoisotopic (exact) mass is 238 g/mol. The second kappa shape index (κ2) is 2.09. The summed E-state index contributed by atoms with van der Waals surface area (Å²) in [5, 5.41) is 0. The fraction of sp³-hybridized carbons (Fsp3) is 1.00. The minimum Gasteiger partial charge on any atom is -0.378 e. The summed E-state index contributed by atoms with van der Waals surface area (Å²) >= 11 is 2.51. The summed E-state index contributed by atoms with van der Waals surface area (Å²) in [6, 6.07) is 0. The molecule has 0 N–H and O–H groups in total. The molecule has 2 aliphatic heterocycles. The van der Waals surface area contributed by atoms with Gasteiger partial charge in [-0.2, -0.15) is 0 Å². The summed E-state index contributed by atoms with van der Waals surface area (Å²) in [7, 11) is 0.